The Hall–Kier alpha value is -2.31. The van der Waals surface area contributed by atoms with Crippen molar-refractivity contribution in [1.29, 1.82) is 0 Å². The van der Waals surface area contributed by atoms with E-state index in [2.05, 4.69) is 10.3 Å². The Morgan fingerprint density at radius 2 is 2.12 bits per heavy atom. The molecule has 26 heavy (non-hydrogen) atoms. The van der Waals surface area contributed by atoms with Gasteiger partial charge in [-0.3, -0.25) is 4.98 Å². The Morgan fingerprint density at radius 1 is 1.31 bits per heavy atom. The average Bonchev–Trinajstić information content (AvgIpc) is 3.25. The molecular formula is C19H28N4O3. The maximum atomic E-state index is 12.4. The van der Waals surface area contributed by atoms with Crippen molar-refractivity contribution in [3.8, 4) is 0 Å². The van der Waals surface area contributed by atoms with Crippen LogP contribution in [0.25, 0.3) is 0 Å². The van der Waals surface area contributed by atoms with E-state index in [1.807, 2.05) is 31.0 Å². The van der Waals surface area contributed by atoms with Crippen LogP contribution in [0.2, 0.25) is 0 Å². The molecule has 2 atom stereocenters. The molecule has 0 saturated heterocycles. The summed E-state index contributed by atoms with van der Waals surface area (Å²) in [6, 6.07) is 1.97. The lowest BCUT2D eigenvalue weighted by Crippen LogP contribution is -2.37. The van der Waals surface area contributed by atoms with E-state index in [1.165, 1.54) is 5.56 Å². The van der Waals surface area contributed by atoms with Gasteiger partial charge in [-0.05, 0) is 55.7 Å². The zero-order valence-electron chi connectivity index (χ0n) is 15.6. The zero-order valence-corrected chi connectivity index (χ0v) is 15.6. The molecule has 2 unspecified atom stereocenters. The van der Waals surface area contributed by atoms with Crippen LogP contribution in [0.1, 0.15) is 37.8 Å². The SMILES string of the molecule is CCOC(=O)N(CC)CCC1CC1CNC(=O)N1Cc2ccncc2C1. The van der Waals surface area contributed by atoms with E-state index in [-0.39, 0.29) is 12.1 Å². The van der Waals surface area contributed by atoms with Crippen molar-refractivity contribution < 1.29 is 14.3 Å². The third-order valence-corrected chi connectivity index (χ3v) is 5.28. The summed E-state index contributed by atoms with van der Waals surface area (Å²) >= 11 is 0. The number of nitrogens with zero attached hydrogens (tertiary/aromatic N) is 3. The van der Waals surface area contributed by atoms with Gasteiger partial charge in [-0.15, -0.1) is 0 Å². The van der Waals surface area contributed by atoms with Gasteiger partial charge in [0.25, 0.3) is 0 Å². The molecule has 0 radical (unpaired) electrons. The van der Waals surface area contributed by atoms with Gasteiger partial charge in [-0.1, -0.05) is 0 Å². The van der Waals surface area contributed by atoms with E-state index in [1.54, 1.807) is 11.1 Å². The molecule has 3 rings (SSSR count). The van der Waals surface area contributed by atoms with Gasteiger partial charge in [0.15, 0.2) is 0 Å². The van der Waals surface area contributed by atoms with Gasteiger partial charge in [0.1, 0.15) is 0 Å². The molecule has 2 aliphatic rings. The fraction of sp³-hybridized carbons (Fsp3) is 0.632. The van der Waals surface area contributed by atoms with Crippen molar-refractivity contribution >= 4 is 12.1 Å². The zero-order chi connectivity index (χ0) is 18.5. The van der Waals surface area contributed by atoms with Crippen molar-refractivity contribution in [2.75, 3.05) is 26.2 Å². The summed E-state index contributed by atoms with van der Waals surface area (Å²) in [7, 11) is 0. The second-order valence-electron chi connectivity index (χ2n) is 7.01. The highest BCUT2D eigenvalue weighted by molar-refractivity contribution is 5.75. The Kier molecular flexibility index (Phi) is 5.96. The van der Waals surface area contributed by atoms with Gasteiger partial charge in [0, 0.05) is 45.1 Å². The van der Waals surface area contributed by atoms with E-state index in [0.29, 0.717) is 44.6 Å². The molecule has 1 aromatic heterocycles. The monoisotopic (exact) mass is 360 g/mol. The first kappa shape index (κ1) is 18.5. The third kappa shape index (κ3) is 4.45. The first-order valence-corrected chi connectivity index (χ1v) is 9.48. The Bertz CT molecular complexity index is 626. The molecule has 142 valence electrons. The maximum Gasteiger partial charge on any atom is 0.409 e. The van der Waals surface area contributed by atoms with Crippen molar-refractivity contribution in [1.82, 2.24) is 20.1 Å². The van der Waals surface area contributed by atoms with Gasteiger partial charge in [0.2, 0.25) is 0 Å². The summed E-state index contributed by atoms with van der Waals surface area (Å²) in [4.78, 5) is 31.8. The van der Waals surface area contributed by atoms with Crippen LogP contribution in [0.15, 0.2) is 18.5 Å². The largest absolute Gasteiger partial charge is 0.450 e. The number of rotatable bonds is 7. The molecule has 2 heterocycles. The molecule has 3 amide bonds. The van der Waals surface area contributed by atoms with Crippen LogP contribution in [0.3, 0.4) is 0 Å². The van der Waals surface area contributed by atoms with Crippen molar-refractivity contribution in [2.45, 2.75) is 39.8 Å². The van der Waals surface area contributed by atoms with Gasteiger partial charge >= 0.3 is 12.1 Å². The molecule has 0 spiro atoms. The number of hydrogen-bond donors (Lipinski definition) is 1. The van der Waals surface area contributed by atoms with Crippen molar-refractivity contribution in [3.63, 3.8) is 0 Å². The van der Waals surface area contributed by atoms with Crippen LogP contribution >= 0.6 is 0 Å². The molecule has 1 aliphatic heterocycles. The number of carbonyl (C=O) groups excluding carboxylic acids is 2. The molecule has 0 aromatic carbocycles. The summed E-state index contributed by atoms with van der Waals surface area (Å²) in [6.07, 6.45) is 5.45. The van der Waals surface area contributed by atoms with E-state index in [4.69, 9.17) is 4.74 Å². The first-order chi connectivity index (χ1) is 12.6. The van der Waals surface area contributed by atoms with Crippen LogP contribution < -0.4 is 5.32 Å². The van der Waals surface area contributed by atoms with Gasteiger partial charge in [0.05, 0.1) is 6.61 Å². The number of amides is 3. The lowest BCUT2D eigenvalue weighted by Gasteiger charge is -2.20. The highest BCUT2D eigenvalue weighted by atomic mass is 16.6. The number of nitrogens with one attached hydrogen (secondary N) is 1. The molecule has 7 heteroatoms. The number of fused-ring (bicyclic) bond motifs is 1. The molecule has 7 nitrogen and oxygen atoms in total. The number of hydrogen-bond acceptors (Lipinski definition) is 4. The molecule has 1 fully saturated rings. The fourth-order valence-corrected chi connectivity index (χ4v) is 3.52. The molecule has 1 aliphatic carbocycles. The van der Waals surface area contributed by atoms with E-state index in [9.17, 15) is 9.59 Å². The normalized spacial score (nSPS) is 20.5. The minimum absolute atomic E-state index is 0.00596. The molecule has 1 aromatic rings. The van der Waals surface area contributed by atoms with E-state index < -0.39 is 0 Å². The Morgan fingerprint density at radius 3 is 2.85 bits per heavy atom. The van der Waals surface area contributed by atoms with Crippen LogP contribution in [0.4, 0.5) is 9.59 Å². The predicted octanol–water partition coefficient (Wildman–Crippen LogP) is 2.61. The van der Waals surface area contributed by atoms with E-state index >= 15 is 0 Å². The molecular weight excluding hydrogens is 332 g/mol. The summed E-state index contributed by atoms with van der Waals surface area (Å²) < 4.78 is 5.06. The van der Waals surface area contributed by atoms with E-state index in [0.717, 1.165) is 24.9 Å². The van der Waals surface area contributed by atoms with Gasteiger partial charge < -0.3 is 19.9 Å². The standard InChI is InChI=1S/C19H28N4O3/c1-3-22(19(25)26-4-2)8-6-14-9-16(14)11-21-18(24)23-12-15-5-7-20-10-17(15)13-23/h5,7,10,14,16H,3-4,6,8-9,11-13H2,1-2H3,(H,21,24). The third-order valence-electron chi connectivity index (χ3n) is 5.28. The van der Waals surface area contributed by atoms with Crippen molar-refractivity contribution in [2.24, 2.45) is 11.8 Å². The summed E-state index contributed by atoms with van der Waals surface area (Å²) in [5.74, 6) is 1.10. The average molecular weight is 360 g/mol. The van der Waals surface area contributed by atoms with Crippen molar-refractivity contribution in [3.05, 3.63) is 29.6 Å². The Labute approximate surface area is 154 Å². The van der Waals surface area contributed by atoms with Crippen LogP contribution in [0, 0.1) is 11.8 Å². The highest BCUT2D eigenvalue weighted by Crippen LogP contribution is 2.40. The quantitative estimate of drug-likeness (QED) is 0.811. The highest BCUT2D eigenvalue weighted by Gasteiger charge is 2.37. The van der Waals surface area contributed by atoms with Crippen LogP contribution in [-0.2, 0) is 17.8 Å². The minimum Gasteiger partial charge on any atom is -0.450 e. The second kappa shape index (κ2) is 8.38. The maximum absolute atomic E-state index is 12.4. The number of pyridine rings is 1. The van der Waals surface area contributed by atoms with Gasteiger partial charge in [-0.2, -0.15) is 0 Å². The lowest BCUT2D eigenvalue weighted by molar-refractivity contribution is 0.108. The predicted molar refractivity (Wildman–Crippen MR) is 97.4 cm³/mol. The molecule has 1 N–H and O–H groups in total. The van der Waals surface area contributed by atoms with Crippen LogP contribution in [-0.4, -0.2) is 53.1 Å². The topological polar surface area (TPSA) is 74.8 Å². The smallest absolute Gasteiger partial charge is 0.409 e. The summed E-state index contributed by atoms with van der Waals surface area (Å²) in [5.41, 5.74) is 2.31. The summed E-state index contributed by atoms with van der Waals surface area (Å²) in [6.45, 7) is 7.57. The Balaban J connectivity index is 1.34. The second-order valence-corrected chi connectivity index (χ2v) is 7.01. The number of ether oxygens (including phenoxy) is 1. The minimum atomic E-state index is -0.233. The molecule has 0 bridgehead atoms. The number of carbonyl (C=O) groups is 2. The first-order valence-electron chi connectivity index (χ1n) is 9.48. The molecule has 1 saturated carbocycles. The number of aromatic nitrogens is 1. The van der Waals surface area contributed by atoms with Gasteiger partial charge in [-0.25, -0.2) is 9.59 Å². The lowest BCUT2D eigenvalue weighted by atomic mass is 10.2. The van der Waals surface area contributed by atoms with Crippen LogP contribution in [0.5, 0.6) is 0 Å². The fourth-order valence-electron chi connectivity index (χ4n) is 3.52. The number of urea groups is 1. The summed E-state index contributed by atoms with van der Waals surface area (Å²) in [5, 5.41) is 3.06.